The largest absolute Gasteiger partial charge is 0.385 e. The minimum absolute atomic E-state index is 0.308. The molecule has 0 bridgehead atoms. The van der Waals surface area contributed by atoms with Gasteiger partial charge in [-0.25, -0.2) is 0 Å². The Morgan fingerprint density at radius 3 is 2.29 bits per heavy atom. The zero-order valence-corrected chi connectivity index (χ0v) is 9.55. The van der Waals surface area contributed by atoms with Crippen LogP contribution in [0.2, 0.25) is 0 Å². The van der Waals surface area contributed by atoms with Crippen molar-refractivity contribution in [2.75, 3.05) is 6.61 Å². The molecule has 0 amide bonds. The molecule has 1 saturated carbocycles. The van der Waals surface area contributed by atoms with Gasteiger partial charge in [0, 0.05) is 6.61 Å². The van der Waals surface area contributed by atoms with Crippen LogP contribution < -0.4 is 5.73 Å². The maximum atomic E-state index is 6.03. The van der Waals surface area contributed by atoms with Gasteiger partial charge in [0.25, 0.3) is 0 Å². The molecule has 1 aliphatic carbocycles. The number of ether oxygens (including phenoxy) is 1. The summed E-state index contributed by atoms with van der Waals surface area (Å²) in [5, 5.41) is 0. The number of aliphatic imine (C=N–C) groups is 1. The van der Waals surface area contributed by atoms with Crippen molar-refractivity contribution in [2.45, 2.75) is 58.1 Å². The van der Waals surface area contributed by atoms with E-state index in [1.54, 1.807) is 0 Å². The lowest BCUT2D eigenvalue weighted by atomic mass is 9.95. The molecule has 0 aromatic carbocycles. The molecule has 0 heterocycles. The second-order valence-corrected chi connectivity index (χ2v) is 3.88. The van der Waals surface area contributed by atoms with Crippen LogP contribution in [0.5, 0.6) is 0 Å². The molecular formula is C11H22N2O. The average molecular weight is 198 g/mol. The highest BCUT2D eigenvalue weighted by Gasteiger charge is 2.33. The van der Waals surface area contributed by atoms with Crippen LogP contribution in [0.4, 0.5) is 0 Å². The molecule has 2 N–H and O–H groups in total. The van der Waals surface area contributed by atoms with Gasteiger partial charge in [0.15, 0.2) is 0 Å². The Morgan fingerprint density at radius 1 is 1.36 bits per heavy atom. The topological polar surface area (TPSA) is 47.6 Å². The fourth-order valence-corrected chi connectivity index (χ4v) is 1.68. The van der Waals surface area contributed by atoms with Crippen molar-refractivity contribution >= 4 is 5.84 Å². The molecule has 3 nitrogen and oxygen atoms in total. The summed E-state index contributed by atoms with van der Waals surface area (Å²) < 4.78 is 5.76. The molecular weight excluding hydrogens is 176 g/mol. The summed E-state index contributed by atoms with van der Waals surface area (Å²) in [4.78, 5) is 4.49. The summed E-state index contributed by atoms with van der Waals surface area (Å²) in [5.41, 5.74) is 5.72. The zero-order valence-electron chi connectivity index (χ0n) is 9.55. The van der Waals surface area contributed by atoms with Crippen molar-refractivity contribution in [1.29, 1.82) is 0 Å². The number of amidine groups is 1. The first-order valence-corrected chi connectivity index (χ1v) is 5.66. The Morgan fingerprint density at radius 2 is 1.93 bits per heavy atom. The molecule has 0 aliphatic heterocycles. The van der Waals surface area contributed by atoms with E-state index >= 15 is 0 Å². The van der Waals surface area contributed by atoms with Gasteiger partial charge in [-0.15, -0.1) is 0 Å². The molecule has 0 aromatic heterocycles. The Balaban J connectivity index is 2.72. The lowest BCUT2D eigenvalue weighted by molar-refractivity contribution is 0.00852. The lowest BCUT2D eigenvalue weighted by Gasteiger charge is -2.30. The minimum atomic E-state index is -0.308. The Labute approximate surface area is 86.7 Å². The van der Waals surface area contributed by atoms with Crippen LogP contribution in [-0.2, 0) is 4.74 Å². The molecule has 0 atom stereocenters. The first-order valence-electron chi connectivity index (χ1n) is 5.66. The molecule has 3 heteroatoms. The van der Waals surface area contributed by atoms with Crippen LogP contribution in [0, 0.1) is 0 Å². The minimum Gasteiger partial charge on any atom is -0.385 e. The second kappa shape index (κ2) is 4.78. The lowest BCUT2D eigenvalue weighted by Crippen LogP contribution is -2.45. The van der Waals surface area contributed by atoms with Crippen molar-refractivity contribution in [3.63, 3.8) is 0 Å². The van der Waals surface area contributed by atoms with E-state index in [2.05, 4.69) is 18.8 Å². The van der Waals surface area contributed by atoms with Gasteiger partial charge < -0.3 is 10.5 Å². The van der Waals surface area contributed by atoms with E-state index in [0.29, 0.717) is 18.5 Å². The summed E-state index contributed by atoms with van der Waals surface area (Å²) in [6, 6.07) is 0.480. The van der Waals surface area contributed by atoms with Gasteiger partial charge in [-0.1, -0.05) is 13.8 Å². The van der Waals surface area contributed by atoms with E-state index < -0.39 is 0 Å². The Kier molecular flexibility index (Phi) is 3.93. The second-order valence-electron chi connectivity index (χ2n) is 3.88. The predicted molar refractivity (Wildman–Crippen MR) is 59.6 cm³/mol. The van der Waals surface area contributed by atoms with Gasteiger partial charge in [-0.05, 0) is 32.6 Å². The highest BCUT2D eigenvalue weighted by atomic mass is 16.5. The first-order chi connectivity index (χ1) is 6.68. The third-order valence-electron chi connectivity index (χ3n) is 2.90. The van der Waals surface area contributed by atoms with Gasteiger partial charge in [0.05, 0.1) is 6.04 Å². The predicted octanol–water partition coefficient (Wildman–Crippen LogP) is 2.10. The van der Waals surface area contributed by atoms with Gasteiger partial charge in [0.2, 0.25) is 0 Å². The summed E-state index contributed by atoms with van der Waals surface area (Å²) in [5.74, 6) is 0.701. The van der Waals surface area contributed by atoms with Crippen molar-refractivity contribution in [3.8, 4) is 0 Å². The van der Waals surface area contributed by atoms with E-state index in [9.17, 15) is 0 Å². The number of rotatable bonds is 6. The van der Waals surface area contributed by atoms with E-state index in [4.69, 9.17) is 10.5 Å². The average Bonchev–Trinajstić information content (AvgIpc) is 2.98. The van der Waals surface area contributed by atoms with Gasteiger partial charge in [-0.3, -0.25) is 4.99 Å². The molecule has 1 fully saturated rings. The van der Waals surface area contributed by atoms with Crippen LogP contribution in [0.1, 0.15) is 46.5 Å². The molecule has 0 unspecified atom stereocenters. The summed E-state index contributed by atoms with van der Waals surface area (Å²) in [6.45, 7) is 6.91. The van der Waals surface area contributed by atoms with E-state index in [1.165, 1.54) is 12.8 Å². The molecule has 1 aliphatic rings. The number of hydrogen-bond donors (Lipinski definition) is 1. The zero-order chi connectivity index (χ0) is 10.6. The molecule has 0 spiro atoms. The van der Waals surface area contributed by atoms with Crippen LogP contribution in [-0.4, -0.2) is 24.1 Å². The van der Waals surface area contributed by atoms with Crippen molar-refractivity contribution < 1.29 is 4.74 Å². The maximum absolute atomic E-state index is 6.03. The number of nitrogens with zero attached hydrogens (tertiary/aromatic N) is 1. The van der Waals surface area contributed by atoms with E-state index in [1.807, 2.05) is 6.92 Å². The number of hydrogen-bond acceptors (Lipinski definition) is 2. The monoisotopic (exact) mass is 198 g/mol. The molecule has 82 valence electrons. The van der Waals surface area contributed by atoms with Crippen LogP contribution in [0.15, 0.2) is 4.99 Å². The Bertz CT molecular complexity index is 205. The van der Waals surface area contributed by atoms with Crippen molar-refractivity contribution in [3.05, 3.63) is 0 Å². The summed E-state index contributed by atoms with van der Waals surface area (Å²) >= 11 is 0. The number of nitrogens with two attached hydrogens (primary N) is 1. The third-order valence-corrected chi connectivity index (χ3v) is 2.90. The highest BCUT2D eigenvalue weighted by molar-refractivity contribution is 5.89. The van der Waals surface area contributed by atoms with Gasteiger partial charge >= 0.3 is 0 Å². The van der Waals surface area contributed by atoms with Gasteiger partial charge in [-0.2, -0.15) is 0 Å². The summed E-state index contributed by atoms with van der Waals surface area (Å²) in [6.07, 6.45) is 4.19. The quantitative estimate of drug-likeness (QED) is 0.525. The Hall–Kier alpha value is -0.570. The molecule has 14 heavy (non-hydrogen) atoms. The third kappa shape index (κ3) is 2.47. The molecule has 1 rings (SSSR count). The molecule has 0 radical (unpaired) electrons. The van der Waals surface area contributed by atoms with E-state index in [0.717, 1.165) is 12.8 Å². The molecule has 0 aromatic rings. The highest BCUT2D eigenvalue weighted by Crippen LogP contribution is 2.27. The summed E-state index contributed by atoms with van der Waals surface area (Å²) in [7, 11) is 0. The van der Waals surface area contributed by atoms with Gasteiger partial charge in [0.1, 0.15) is 11.4 Å². The normalized spacial score (nSPS) is 18.6. The maximum Gasteiger partial charge on any atom is 0.127 e. The SMILES string of the molecule is CCOC(CC)(CC)C(N)=NC1CC1. The van der Waals surface area contributed by atoms with Crippen LogP contribution >= 0.6 is 0 Å². The van der Waals surface area contributed by atoms with Crippen molar-refractivity contribution in [2.24, 2.45) is 10.7 Å². The fourth-order valence-electron chi connectivity index (χ4n) is 1.68. The molecule has 0 saturated heterocycles. The first kappa shape index (κ1) is 11.5. The standard InChI is InChI=1S/C11H22N2O/c1-4-11(5-2,14-6-3)10(12)13-9-7-8-9/h9H,4-8H2,1-3H3,(H2,12,13). The fraction of sp³-hybridized carbons (Fsp3) is 0.909. The van der Waals surface area contributed by atoms with E-state index in [-0.39, 0.29) is 5.60 Å². The van der Waals surface area contributed by atoms with Crippen LogP contribution in [0.3, 0.4) is 0 Å². The smallest absolute Gasteiger partial charge is 0.127 e. The van der Waals surface area contributed by atoms with Crippen LogP contribution in [0.25, 0.3) is 0 Å². The van der Waals surface area contributed by atoms with Crippen molar-refractivity contribution in [1.82, 2.24) is 0 Å².